The van der Waals surface area contributed by atoms with Gasteiger partial charge < -0.3 is 9.64 Å². The summed E-state index contributed by atoms with van der Waals surface area (Å²) >= 11 is 1.37. The van der Waals surface area contributed by atoms with E-state index < -0.39 is 9.84 Å². The van der Waals surface area contributed by atoms with Crippen LogP contribution in [0.5, 0.6) is 0 Å². The van der Waals surface area contributed by atoms with Crippen LogP contribution in [0.1, 0.15) is 43.8 Å². The van der Waals surface area contributed by atoms with E-state index in [2.05, 4.69) is 14.8 Å². The first kappa shape index (κ1) is 21.9. The van der Waals surface area contributed by atoms with Crippen LogP contribution in [-0.2, 0) is 19.4 Å². The molecular weight excluding hydrogens is 448 g/mol. The fraction of sp³-hybridized carbons (Fsp3) is 0.591. The summed E-state index contributed by atoms with van der Waals surface area (Å²) in [6, 6.07) is 9.71. The normalized spacial score (nSPS) is 24.6. The lowest BCUT2D eigenvalue weighted by atomic mass is 10.1. The van der Waals surface area contributed by atoms with E-state index in [-0.39, 0.29) is 35.3 Å². The third-order valence-electron chi connectivity index (χ3n) is 6.33. The Bertz CT molecular complexity index is 1060. The molecule has 0 N–H and O–H groups in total. The molecule has 0 spiro atoms. The number of rotatable bonds is 8. The number of thioether (sulfide) groups is 1. The van der Waals surface area contributed by atoms with Crippen LogP contribution in [0.15, 0.2) is 35.5 Å². The molecule has 1 saturated carbocycles. The Morgan fingerprint density at radius 1 is 1.16 bits per heavy atom. The van der Waals surface area contributed by atoms with Crippen molar-refractivity contribution >= 4 is 27.5 Å². The van der Waals surface area contributed by atoms with Gasteiger partial charge in [0.25, 0.3) is 0 Å². The number of sulfone groups is 1. The Labute approximate surface area is 192 Å². The summed E-state index contributed by atoms with van der Waals surface area (Å²) in [4.78, 5) is 15.0. The highest BCUT2D eigenvalue weighted by Gasteiger charge is 2.37. The maximum absolute atomic E-state index is 13.3. The smallest absolute Gasteiger partial charge is 0.233 e. The van der Waals surface area contributed by atoms with Crippen LogP contribution in [0.4, 0.5) is 0 Å². The average Bonchev–Trinajstić information content (AvgIpc) is 3.18. The van der Waals surface area contributed by atoms with Gasteiger partial charge in [-0.15, -0.1) is 10.2 Å². The molecule has 1 aromatic carbocycles. The van der Waals surface area contributed by atoms with E-state index in [1.54, 1.807) is 4.90 Å². The summed E-state index contributed by atoms with van der Waals surface area (Å²) in [6.07, 6.45) is 4.59. The van der Waals surface area contributed by atoms with E-state index in [1.165, 1.54) is 11.8 Å². The number of amides is 1. The first-order chi connectivity index (χ1) is 15.5. The Morgan fingerprint density at radius 2 is 1.97 bits per heavy atom. The Hall–Kier alpha value is -1.91. The molecule has 10 heteroatoms. The number of carbonyl (C=O) groups excluding carboxylic acids is 1. The number of carbonyl (C=O) groups is 1. The molecule has 1 aliphatic carbocycles. The monoisotopic (exact) mass is 476 g/mol. The molecule has 5 rings (SSSR count). The number of hydrogen-bond donors (Lipinski definition) is 0. The molecule has 172 valence electrons. The zero-order valence-corrected chi connectivity index (χ0v) is 19.6. The molecule has 0 radical (unpaired) electrons. The first-order valence-corrected chi connectivity index (χ1v) is 14.1. The highest BCUT2D eigenvalue weighted by atomic mass is 32.2. The number of nitrogens with zero attached hydrogens (tertiary/aromatic N) is 4. The van der Waals surface area contributed by atoms with Crippen LogP contribution in [-0.4, -0.2) is 76.5 Å². The van der Waals surface area contributed by atoms with Crippen molar-refractivity contribution in [2.45, 2.75) is 55.3 Å². The Kier molecular flexibility index (Phi) is 6.26. The summed E-state index contributed by atoms with van der Waals surface area (Å²) in [5, 5.41) is 9.52. The van der Waals surface area contributed by atoms with Crippen molar-refractivity contribution in [3.63, 3.8) is 0 Å². The standard InChI is InChI=1S/C22H28N4O4S2/c27-20(25(13-19-7-4-11-30-19)18-10-12-32(28,29)15-18)14-31-22-24-23-21(16-8-9-16)26(22)17-5-2-1-3-6-17/h1-3,5-6,16,18-19H,4,7-15H2. The van der Waals surface area contributed by atoms with Crippen LogP contribution < -0.4 is 0 Å². The maximum Gasteiger partial charge on any atom is 0.233 e. The summed E-state index contributed by atoms with van der Waals surface area (Å²) in [5.74, 6) is 1.69. The van der Waals surface area contributed by atoms with Gasteiger partial charge in [-0.2, -0.15) is 0 Å². The second-order valence-corrected chi connectivity index (χ2v) is 12.0. The average molecular weight is 477 g/mol. The quantitative estimate of drug-likeness (QED) is 0.540. The first-order valence-electron chi connectivity index (χ1n) is 11.3. The van der Waals surface area contributed by atoms with Gasteiger partial charge in [0.05, 0.1) is 23.4 Å². The van der Waals surface area contributed by atoms with Crippen LogP contribution in [0.25, 0.3) is 5.69 Å². The van der Waals surface area contributed by atoms with Gasteiger partial charge in [0.15, 0.2) is 15.0 Å². The lowest BCUT2D eigenvalue weighted by Crippen LogP contribution is -2.46. The van der Waals surface area contributed by atoms with Gasteiger partial charge in [-0.25, -0.2) is 8.42 Å². The predicted molar refractivity (Wildman–Crippen MR) is 122 cm³/mol. The van der Waals surface area contributed by atoms with Gasteiger partial charge in [0.2, 0.25) is 5.91 Å². The highest BCUT2D eigenvalue weighted by molar-refractivity contribution is 7.99. The topological polar surface area (TPSA) is 94.4 Å². The van der Waals surface area contributed by atoms with Crippen molar-refractivity contribution in [1.29, 1.82) is 0 Å². The van der Waals surface area contributed by atoms with Crippen LogP contribution >= 0.6 is 11.8 Å². The minimum Gasteiger partial charge on any atom is -0.376 e. The second-order valence-electron chi connectivity index (χ2n) is 8.81. The molecular formula is C22H28N4O4S2. The van der Waals surface area contributed by atoms with E-state index in [1.807, 2.05) is 30.3 Å². The number of hydrogen-bond acceptors (Lipinski definition) is 7. The molecule has 3 fully saturated rings. The highest BCUT2D eigenvalue weighted by Crippen LogP contribution is 2.41. The number of para-hydroxylation sites is 1. The lowest BCUT2D eigenvalue weighted by Gasteiger charge is -2.30. The van der Waals surface area contributed by atoms with Crippen LogP contribution in [0, 0.1) is 0 Å². The summed E-state index contributed by atoms with van der Waals surface area (Å²) in [7, 11) is -3.08. The minimum atomic E-state index is -3.08. The van der Waals surface area contributed by atoms with E-state index in [9.17, 15) is 13.2 Å². The zero-order chi connectivity index (χ0) is 22.1. The molecule has 2 aliphatic heterocycles. The molecule has 3 heterocycles. The minimum absolute atomic E-state index is 0.0123. The molecule has 1 aromatic heterocycles. The number of aromatic nitrogens is 3. The van der Waals surface area contributed by atoms with Gasteiger partial charge in [-0.05, 0) is 44.2 Å². The van der Waals surface area contributed by atoms with E-state index >= 15 is 0 Å². The Morgan fingerprint density at radius 3 is 2.62 bits per heavy atom. The fourth-order valence-corrected chi connectivity index (χ4v) is 7.07. The van der Waals surface area contributed by atoms with E-state index in [0.717, 1.165) is 37.2 Å². The number of ether oxygens (including phenoxy) is 1. The van der Waals surface area contributed by atoms with E-state index in [0.29, 0.717) is 30.6 Å². The van der Waals surface area contributed by atoms with Gasteiger partial charge in [0.1, 0.15) is 5.82 Å². The van der Waals surface area contributed by atoms with Crippen molar-refractivity contribution in [2.24, 2.45) is 0 Å². The Balaban J connectivity index is 1.33. The van der Waals surface area contributed by atoms with Crippen molar-refractivity contribution in [2.75, 3.05) is 30.4 Å². The molecule has 8 nitrogen and oxygen atoms in total. The van der Waals surface area contributed by atoms with E-state index in [4.69, 9.17) is 4.74 Å². The zero-order valence-electron chi connectivity index (χ0n) is 17.9. The fourth-order valence-electron chi connectivity index (χ4n) is 4.49. The molecule has 3 aliphatic rings. The molecule has 32 heavy (non-hydrogen) atoms. The molecule has 2 unspecified atom stereocenters. The van der Waals surface area contributed by atoms with Crippen molar-refractivity contribution in [3.8, 4) is 5.69 Å². The third kappa shape index (κ3) is 4.87. The molecule has 0 bridgehead atoms. The predicted octanol–water partition coefficient (Wildman–Crippen LogP) is 2.43. The SMILES string of the molecule is O=C(CSc1nnc(C2CC2)n1-c1ccccc1)N(CC1CCCO1)C1CCS(=O)(=O)C1. The van der Waals surface area contributed by atoms with Gasteiger partial charge in [-0.3, -0.25) is 9.36 Å². The van der Waals surface area contributed by atoms with Crippen molar-refractivity contribution < 1.29 is 17.9 Å². The van der Waals surface area contributed by atoms with Crippen LogP contribution in [0.2, 0.25) is 0 Å². The summed E-state index contributed by atoms with van der Waals surface area (Å²) in [5.41, 5.74) is 0.993. The summed E-state index contributed by atoms with van der Waals surface area (Å²) in [6.45, 7) is 1.16. The summed E-state index contributed by atoms with van der Waals surface area (Å²) < 4.78 is 31.9. The number of benzene rings is 1. The molecule has 2 atom stereocenters. The second kappa shape index (κ2) is 9.15. The van der Waals surface area contributed by atoms with Crippen LogP contribution in [0.3, 0.4) is 0 Å². The molecule has 2 aromatic rings. The van der Waals surface area contributed by atoms with Gasteiger partial charge in [0, 0.05) is 30.8 Å². The van der Waals surface area contributed by atoms with Crippen molar-refractivity contribution in [1.82, 2.24) is 19.7 Å². The lowest BCUT2D eigenvalue weighted by molar-refractivity contribution is -0.131. The van der Waals surface area contributed by atoms with Gasteiger partial charge in [-0.1, -0.05) is 30.0 Å². The van der Waals surface area contributed by atoms with Crippen molar-refractivity contribution in [3.05, 3.63) is 36.2 Å². The maximum atomic E-state index is 13.3. The molecule has 1 amide bonds. The largest absolute Gasteiger partial charge is 0.376 e. The van der Waals surface area contributed by atoms with Gasteiger partial charge >= 0.3 is 0 Å². The third-order valence-corrected chi connectivity index (χ3v) is 9.00. The molecule has 2 saturated heterocycles.